The lowest BCUT2D eigenvalue weighted by molar-refractivity contribution is 0.442. The number of thiocarbonyl (C=S) groups is 1. The number of rotatable bonds is 5. The van der Waals surface area contributed by atoms with E-state index in [1.807, 2.05) is 24.5 Å². The fourth-order valence-corrected chi connectivity index (χ4v) is 2.50. The van der Waals surface area contributed by atoms with Crippen LogP contribution in [0.2, 0.25) is 0 Å². The largest absolute Gasteiger partial charge is 0.345 e. The van der Waals surface area contributed by atoms with Gasteiger partial charge in [0.2, 0.25) is 0 Å². The number of nitrogens with one attached hydrogen (secondary N) is 1. The van der Waals surface area contributed by atoms with E-state index in [0.717, 1.165) is 23.9 Å². The Bertz CT molecular complexity index is 593. The quantitative estimate of drug-likeness (QED) is 0.827. The zero-order valence-corrected chi connectivity index (χ0v) is 14.2. The summed E-state index contributed by atoms with van der Waals surface area (Å²) in [7, 11) is 0. The lowest BCUT2D eigenvalue weighted by Crippen LogP contribution is -2.34. The summed E-state index contributed by atoms with van der Waals surface area (Å²) in [6, 6.07) is 12.5. The van der Waals surface area contributed by atoms with Gasteiger partial charge in [0.1, 0.15) is 0 Å². The molecule has 0 saturated carbocycles. The number of pyridine rings is 1. The van der Waals surface area contributed by atoms with E-state index in [1.165, 1.54) is 11.1 Å². The van der Waals surface area contributed by atoms with Gasteiger partial charge in [-0.25, -0.2) is 0 Å². The Balaban J connectivity index is 2.00. The molecule has 1 heterocycles. The summed E-state index contributed by atoms with van der Waals surface area (Å²) in [5, 5.41) is 4.07. The van der Waals surface area contributed by atoms with Gasteiger partial charge in [-0.05, 0) is 60.5 Å². The smallest absolute Gasteiger partial charge is 0.173 e. The maximum Gasteiger partial charge on any atom is 0.173 e. The van der Waals surface area contributed by atoms with Gasteiger partial charge < -0.3 is 10.2 Å². The van der Waals surface area contributed by atoms with Crippen LogP contribution in [0.3, 0.4) is 0 Å². The van der Waals surface area contributed by atoms with Crippen molar-refractivity contribution in [3.63, 3.8) is 0 Å². The second-order valence-electron chi connectivity index (χ2n) is 5.58. The van der Waals surface area contributed by atoms with Gasteiger partial charge in [-0.15, -0.1) is 0 Å². The van der Waals surface area contributed by atoms with Crippen LogP contribution in [0.25, 0.3) is 0 Å². The molecule has 0 bridgehead atoms. The number of nitrogens with zero attached hydrogens (tertiary/aromatic N) is 2. The summed E-state index contributed by atoms with van der Waals surface area (Å²) in [5.41, 5.74) is 3.57. The third-order valence-corrected chi connectivity index (χ3v) is 3.98. The molecule has 0 amide bonds. The van der Waals surface area contributed by atoms with Crippen molar-refractivity contribution in [2.75, 3.05) is 11.9 Å². The second-order valence-corrected chi connectivity index (χ2v) is 5.96. The molecule has 0 radical (unpaired) electrons. The van der Waals surface area contributed by atoms with Crippen LogP contribution in [0.5, 0.6) is 0 Å². The third-order valence-electron chi connectivity index (χ3n) is 3.62. The highest BCUT2D eigenvalue weighted by Crippen LogP contribution is 2.17. The predicted octanol–water partition coefficient (Wildman–Crippen LogP) is 4.42. The van der Waals surface area contributed by atoms with Gasteiger partial charge in [-0.2, -0.15) is 0 Å². The van der Waals surface area contributed by atoms with Crippen LogP contribution in [0.4, 0.5) is 5.69 Å². The average Bonchev–Trinajstić information content (AvgIpc) is 2.54. The summed E-state index contributed by atoms with van der Waals surface area (Å²) in [6.45, 7) is 8.14. The average molecular weight is 313 g/mol. The van der Waals surface area contributed by atoms with Crippen LogP contribution in [0, 0.1) is 0 Å². The van der Waals surface area contributed by atoms with E-state index >= 15 is 0 Å². The zero-order valence-electron chi connectivity index (χ0n) is 13.4. The summed E-state index contributed by atoms with van der Waals surface area (Å²) in [4.78, 5) is 6.19. The first kappa shape index (κ1) is 16.4. The lowest BCUT2D eigenvalue weighted by Gasteiger charge is -2.24. The minimum absolute atomic E-state index is 0.542. The Kier molecular flexibility index (Phi) is 5.90. The minimum Gasteiger partial charge on any atom is -0.345 e. The lowest BCUT2D eigenvalue weighted by atomic mass is 10.0. The molecule has 4 heteroatoms. The van der Waals surface area contributed by atoms with Crippen LogP contribution in [0.1, 0.15) is 37.8 Å². The number of aromatic nitrogens is 1. The Hall–Kier alpha value is -1.94. The molecule has 1 aromatic heterocycles. The maximum absolute atomic E-state index is 5.54. The molecule has 1 N–H and O–H groups in total. The Morgan fingerprint density at radius 1 is 1.14 bits per heavy atom. The van der Waals surface area contributed by atoms with Crippen molar-refractivity contribution in [1.29, 1.82) is 0 Å². The molecule has 0 aliphatic carbocycles. The van der Waals surface area contributed by atoms with Crippen molar-refractivity contribution in [3.05, 3.63) is 59.9 Å². The van der Waals surface area contributed by atoms with Gasteiger partial charge in [0.25, 0.3) is 0 Å². The van der Waals surface area contributed by atoms with Crippen molar-refractivity contribution in [2.24, 2.45) is 0 Å². The van der Waals surface area contributed by atoms with Crippen LogP contribution < -0.4 is 5.32 Å². The molecular weight excluding hydrogens is 290 g/mol. The van der Waals surface area contributed by atoms with Crippen molar-refractivity contribution < 1.29 is 0 Å². The fraction of sp³-hybridized carbons (Fsp3) is 0.333. The highest BCUT2D eigenvalue weighted by Gasteiger charge is 2.09. The van der Waals surface area contributed by atoms with E-state index in [1.54, 1.807) is 0 Å². The number of anilines is 1. The zero-order chi connectivity index (χ0) is 15.9. The number of hydrogen-bond acceptors (Lipinski definition) is 2. The van der Waals surface area contributed by atoms with Crippen molar-refractivity contribution in [1.82, 2.24) is 9.88 Å². The molecule has 0 aliphatic rings. The van der Waals surface area contributed by atoms with E-state index in [0.29, 0.717) is 5.92 Å². The monoisotopic (exact) mass is 313 g/mol. The van der Waals surface area contributed by atoms with E-state index in [2.05, 4.69) is 60.2 Å². The molecule has 0 spiro atoms. The topological polar surface area (TPSA) is 28.2 Å². The summed E-state index contributed by atoms with van der Waals surface area (Å²) in [5.74, 6) is 0.542. The molecule has 2 aromatic rings. The van der Waals surface area contributed by atoms with E-state index in [4.69, 9.17) is 12.2 Å². The second kappa shape index (κ2) is 7.90. The first-order valence-electron chi connectivity index (χ1n) is 7.65. The molecule has 22 heavy (non-hydrogen) atoms. The number of benzene rings is 1. The van der Waals surface area contributed by atoms with Gasteiger partial charge in [0.15, 0.2) is 5.11 Å². The van der Waals surface area contributed by atoms with Gasteiger partial charge >= 0.3 is 0 Å². The first-order valence-corrected chi connectivity index (χ1v) is 8.05. The molecule has 0 aliphatic heterocycles. The van der Waals surface area contributed by atoms with Crippen LogP contribution in [0.15, 0.2) is 48.8 Å². The minimum atomic E-state index is 0.542. The molecular formula is C18H23N3S. The summed E-state index contributed by atoms with van der Waals surface area (Å²) in [6.07, 6.45) is 3.62. The van der Waals surface area contributed by atoms with Gasteiger partial charge in [-0.3, -0.25) is 4.98 Å². The highest BCUT2D eigenvalue weighted by atomic mass is 32.1. The maximum atomic E-state index is 5.54. The molecule has 2 rings (SSSR count). The molecule has 1 aromatic carbocycles. The van der Waals surface area contributed by atoms with Gasteiger partial charge in [0, 0.05) is 31.2 Å². The molecule has 0 saturated heterocycles. The van der Waals surface area contributed by atoms with E-state index in [-0.39, 0.29) is 0 Å². The van der Waals surface area contributed by atoms with Gasteiger partial charge in [0.05, 0.1) is 0 Å². The molecule has 116 valence electrons. The molecule has 3 nitrogen and oxygen atoms in total. The predicted molar refractivity (Wildman–Crippen MR) is 97.1 cm³/mol. The molecule has 0 unspecified atom stereocenters. The number of hydrogen-bond donors (Lipinski definition) is 1. The SMILES string of the molecule is CCN(Cc1ccncc1)C(=S)Nc1ccc(C(C)C)cc1. The molecule has 0 atom stereocenters. The van der Waals surface area contributed by atoms with Gasteiger partial charge in [-0.1, -0.05) is 26.0 Å². The Morgan fingerprint density at radius 3 is 2.32 bits per heavy atom. The van der Waals surface area contributed by atoms with Crippen molar-refractivity contribution >= 4 is 23.0 Å². The Labute approximate surface area is 138 Å². The fourth-order valence-electron chi connectivity index (χ4n) is 2.19. The van der Waals surface area contributed by atoms with E-state index in [9.17, 15) is 0 Å². The highest BCUT2D eigenvalue weighted by molar-refractivity contribution is 7.80. The van der Waals surface area contributed by atoms with Crippen LogP contribution in [-0.2, 0) is 6.54 Å². The molecule has 0 fully saturated rings. The van der Waals surface area contributed by atoms with Crippen molar-refractivity contribution in [3.8, 4) is 0 Å². The van der Waals surface area contributed by atoms with Crippen LogP contribution in [-0.4, -0.2) is 21.5 Å². The van der Waals surface area contributed by atoms with Crippen molar-refractivity contribution in [2.45, 2.75) is 33.2 Å². The standard InChI is InChI=1S/C18H23N3S/c1-4-21(13-15-9-11-19-12-10-15)18(22)20-17-7-5-16(6-8-17)14(2)3/h5-12,14H,4,13H2,1-3H3,(H,20,22). The first-order chi connectivity index (χ1) is 10.6. The summed E-state index contributed by atoms with van der Waals surface area (Å²) >= 11 is 5.54. The third kappa shape index (κ3) is 4.53. The normalized spacial score (nSPS) is 10.5. The van der Waals surface area contributed by atoms with Crippen LogP contribution >= 0.6 is 12.2 Å². The van der Waals surface area contributed by atoms with E-state index < -0.39 is 0 Å². The summed E-state index contributed by atoms with van der Waals surface area (Å²) < 4.78 is 0. The Morgan fingerprint density at radius 2 is 1.77 bits per heavy atom.